The molecule has 0 amide bonds. The fourth-order valence-corrected chi connectivity index (χ4v) is 2.19. The van der Waals surface area contributed by atoms with Crippen LogP contribution in [0.3, 0.4) is 0 Å². The molecule has 1 unspecified atom stereocenters. The second kappa shape index (κ2) is 7.41. The average molecular weight is 335 g/mol. The van der Waals surface area contributed by atoms with Crippen molar-refractivity contribution in [3.05, 3.63) is 52.8 Å². The smallest absolute Gasteiger partial charge is 0.145 e. The van der Waals surface area contributed by atoms with Crippen LogP contribution in [0.5, 0.6) is 11.5 Å². The quantitative estimate of drug-likeness (QED) is 0.831. The SMILES string of the molecule is CCCNC(C)c1ccc(Oc2ccccc2Br)cn1. The van der Waals surface area contributed by atoms with E-state index in [0.717, 1.165) is 34.6 Å². The molecular weight excluding hydrogens is 316 g/mol. The van der Waals surface area contributed by atoms with Gasteiger partial charge in [0.2, 0.25) is 0 Å². The van der Waals surface area contributed by atoms with E-state index in [1.165, 1.54) is 0 Å². The largest absolute Gasteiger partial charge is 0.455 e. The first-order valence-electron chi connectivity index (χ1n) is 6.82. The van der Waals surface area contributed by atoms with Crippen LogP contribution in [0.2, 0.25) is 0 Å². The zero-order valence-electron chi connectivity index (χ0n) is 11.8. The molecule has 1 heterocycles. The first-order valence-corrected chi connectivity index (χ1v) is 7.61. The number of para-hydroxylation sites is 1. The number of ether oxygens (including phenoxy) is 1. The van der Waals surface area contributed by atoms with Gasteiger partial charge < -0.3 is 10.1 Å². The molecule has 0 fully saturated rings. The molecule has 1 aromatic heterocycles. The molecule has 2 aromatic rings. The predicted octanol–water partition coefficient (Wildman–Crippen LogP) is 4.70. The molecule has 1 atom stereocenters. The highest BCUT2D eigenvalue weighted by atomic mass is 79.9. The van der Waals surface area contributed by atoms with Crippen molar-refractivity contribution in [1.82, 2.24) is 10.3 Å². The summed E-state index contributed by atoms with van der Waals surface area (Å²) in [7, 11) is 0. The van der Waals surface area contributed by atoms with E-state index in [0.29, 0.717) is 0 Å². The third-order valence-electron chi connectivity index (χ3n) is 2.97. The first-order chi connectivity index (χ1) is 9.70. The lowest BCUT2D eigenvalue weighted by molar-refractivity contribution is 0.475. The summed E-state index contributed by atoms with van der Waals surface area (Å²) >= 11 is 3.46. The third kappa shape index (κ3) is 4.05. The van der Waals surface area contributed by atoms with Crippen LogP contribution in [0.15, 0.2) is 47.1 Å². The van der Waals surface area contributed by atoms with E-state index in [2.05, 4.69) is 40.1 Å². The van der Waals surface area contributed by atoms with Crippen molar-refractivity contribution in [3.63, 3.8) is 0 Å². The number of aromatic nitrogens is 1. The topological polar surface area (TPSA) is 34.1 Å². The molecule has 1 aromatic carbocycles. The number of hydrogen-bond acceptors (Lipinski definition) is 3. The van der Waals surface area contributed by atoms with Gasteiger partial charge in [0.25, 0.3) is 0 Å². The predicted molar refractivity (Wildman–Crippen MR) is 85.2 cm³/mol. The van der Waals surface area contributed by atoms with Crippen LogP contribution in [0.4, 0.5) is 0 Å². The second-order valence-electron chi connectivity index (χ2n) is 4.63. The summed E-state index contributed by atoms with van der Waals surface area (Å²) in [5.41, 5.74) is 1.03. The molecule has 4 heteroatoms. The van der Waals surface area contributed by atoms with Gasteiger partial charge in [-0.2, -0.15) is 0 Å². The maximum atomic E-state index is 5.80. The van der Waals surface area contributed by atoms with Crippen LogP contribution in [0.25, 0.3) is 0 Å². The maximum Gasteiger partial charge on any atom is 0.145 e. The van der Waals surface area contributed by atoms with Crippen molar-refractivity contribution in [1.29, 1.82) is 0 Å². The minimum Gasteiger partial charge on any atom is -0.455 e. The first kappa shape index (κ1) is 15.0. The number of hydrogen-bond donors (Lipinski definition) is 1. The molecule has 2 rings (SSSR count). The summed E-state index contributed by atoms with van der Waals surface area (Å²) < 4.78 is 6.73. The van der Waals surface area contributed by atoms with Crippen molar-refractivity contribution >= 4 is 15.9 Å². The molecule has 0 spiro atoms. The number of nitrogens with zero attached hydrogens (tertiary/aromatic N) is 1. The highest BCUT2D eigenvalue weighted by Gasteiger charge is 2.07. The molecule has 0 saturated carbocycles. The summed E-state index contributed by atoms with van der Waals surface area (Å²) in [6, 6.07) is 12.0. The number of nitrogens with one attached hydrogen (secondary N) is 1. The Balaban J connectivity index is 2.03. The van der Waals surface area contributed by atoms with Gasteiger partial charge in [-0.1, -0.05) is 19.1 Å². The Morgan fingerprint density at radius 3 is 2.70 bits per heavy atom. The Kier molecular flexibility index (Phi) is 5.56. The maximum absolute atomic E-state index is 5.80. The van der Waals surface area contributed by atoms with Gasteiger partial charge in [0.05, 0.1) is 16.4 Å². The van der Waals surface area contributed by atoms with Gasteiger partial charge in [-0.05, 0) is 60.1 Å². The Morgan fingerprint density at radius 1 is 1.25 bits per heavy atom. The standard InChI is InChI=1S/C16H19BrN2O/c1-3-10-18-12(2)15-9-8-13(11-19-15)20-16-7-5-4-6-14(16)17/h4-9,11-12,18H,3,10H2,1-2H3. The normalized spacial score (nSPS) is 12.2. The number of pyridine rings is 1. The van der Waals surface area contributed by atoms with Gasteiger partial charge >= 0.3 is 0 Å². The molecule has 106 valence electrons. The molecular formula is C16H19BrN2O. The van der Waals surface area contributed by atoms with Gasteiger partial charge in [-0.3, -0.25) is 4.98 Å². The van der Waals surface area contributed by atoms with Gasteiger partial charge in [0.1, 0.15) is 11.5 Å². The van der Waals surface area contributed by atoms with E-state index in [1.807, 2.05) is 36.4 Å². The molecule has 20 heavy (non-hydrogen) atoms. The van der Waals surface area contributed by atoms with E-state index in [9.17, 15) is 0 Å². The van der Waals surface area contributed by atoms with Crippen LogP contribution in [0, 0.1) is 0 Å². The molecule has 0 aliphatic carbocycles. The Morgan fingerprint density at radius 2 is 2.05 bits per heavy atom. The number of rotatable bonds is 6. The van der Waals surface area contributed by atoms with Gasteiger partial charge in [-0.25, -0.2) is 0 Å². The molecule has 0 aliphatic heterocycles. The van der Waals surface area contributed by atoms with Crippen LogP contribution in [-0.4, -0.2) is 11.5 Å². The van der Waals surface area contributed by atoms with Gasteiger partial charge in [-0.15, -0.1) is 0 Å². The summed E-state index contributed by atoms with van der Waals surface area (Å²) in [5.74, 6) is 1.53. The monoisotopic (exact) mass is 334 g/mol. The zero-order chi connectivity index (χ0) is 14.4. The molecule has 0 saturated heterocycles. The summed E-state index contributed by atoms with van der Waals surface area (Å²) in [6.45, 7) is 5.27. The molecule has 1 N–H and O–H groups in total. The van der Waals surface area contributed by atoms with E-state index < -0.39 is 0 Å². The van der Waals surface area contributed by atoms with Crippen molar-refractivity contribution in [2.45, 2.75) is 26.3 Å². The Hall–Kier alpha value is -1.39. The van der Waals surface area contributed by atoms with Crippen molar-refractivity contribution in [2.24, 2.45) is 0 Å². The van der Waals surface area contributed by atoms with E-state index in [4.69, 9.17) is 4.74 Å². The highest BCUT2D eigenvalue weighted by Crippen LogP contribution is 2.29. The molecule has 0 aliphatic rings. The van der Waals surface area contributed by atoms with Crippen LogP contribution < -0.4 is 10.1 Å². The van der Waals surface area contributed by atoms with Crippen LogP contribution in [0.1, 0.15) is 32.0 Å². The van der Waals surface area contributed by atoms with E-state index >= 15 is 0 Å². The Labute approximate surface area is 128 Å². The summed E-state index contributed by atoms with van der Waals surface area (Å²) in [5, 5.41) is 3.42. The fourth-order valence-electron chi connectivity index (χ4n) is 1.83. The summed E-state index contributed by atoms with van der Waals surface area (Å²) in [4.78, 5) is 4.45. The van der Waals surface area contributed by atoms with Gasteiger partial charge in [0.15, 0.2) is 0 Å². The lowest BCUT2D eigenvalue weighted by Gasteiger charge is -2.13. The molecule has 0 radical (unpaired) electrons. The Bertz CT molecular complexity index is 542. The molecule has 0 bridgehead atoms. The fraction of sp³-hybridized carbons (Fsp3) is 0.312. The zero-order valence-corrected chi connectivity index (χ0v) is 13.4. The minimum absolute atomic E-state index is 0.257. The van der Waals surface area contributed by atoms with E-state index in [1.54, 1.807) is 6.20 Å². The third-order valence-corrected chi connectivity index (χ3v) is 3.62. The lowest BCUT2D eigenvalue weighted by Crippen LogP contribution is -2.20. The van der Waals surface area contributed by atoms with Crippen LogP contribution in [-0.2, 0) is 0 Å². The average Bonchev–Trinajstić information content (AvgIpc) is 2.48. The second-order valence-corrected chi connectivity index (χ2v) is 5.48. The minimum atomic E-state index is 0.257. The van der Waals surface area contributed by atoms with Crippen molar-refractivity contribution in [2.75, 3.05) is 6.54 Å². The summed E-state index contributed by atoms with van der Waals surface area (Å²) in [6.07, 6.45) is 2.88. The number of benzene rings is 1. The molecule has 3 nitrogen and oxygen atoms in total. The highest BCUT2D eigenvalue weighted by molar-refractivity contribution is 9.10. The van der Waals surface area contributed by atoms with Crippen LogP contribution >= 0.6 is 15.9 Å². The van der Waals surface area contributed by atoms with Crippen molar-refractivity contribution < 1.29 is 4.74 Å². The van der Waals surface area contributed by atoms with E-state index in [-0.39, 0.29) is 6.04 Å². The van der Waals surface area contributed by atoms with Gasteiger partial charge in [0, 0.05) is 6.04 Å². The number of halogens is 1. The lowest BCUT2D eigenvalue weighted by atomic mass is 10.2. The van der Waals surface area contributed by atoms with Crippen molar-refractivity contribution in [3.8, 4) is 11.5 Å².